The first-order chi connectivity index (χ1) is 11.0. The van der Waals surface area contributed by atoms with E-state index in [4.69, 9.17) is 0 Å². The van der Waals surface area contributed by atoms with Gasteiger partial charge in [-0.1, -0.05) is 0 Å². The van der Waals surface area contributed by atoms with E-state index in [9.17, 15) is 32.3 Å². The first kappa shape index (κ1) is 16.7. The number of halogens is 4. The predicted molar refractivity (Wildman–Crippen MR) is 71.8 cm³/mol. The smallest absolute Gasteiger partial charge is 0.329 e. The van der Waals surface area contributed by atoms with Crippen molar-refractivity contribution in [3.8, 4) is 0 Å². The molecule has 1 aromatic heterocycles. The van der Waals surface area contributed by atoms with Gasteiger partial charge in [0.1, 0.15) is 11.2 Å². The van der Waals surface area contributed by atoms with Crippen LogP contribution < -0.4 is 5.32 Å². The van der Waals surface area contributed by atoms with Gasteiger partial charge in [0, 0.05) is 26.1 Å². The van der Waals surface area contributed by atoms with E-state index in [-0.39, 0.29) is 12.8 Å². The third kappa shape index (κ3) is 2.53. The van der Waals surface area contributed by atoms with Crippen molar-refractivity contribution in [2.45, 2.75) is 43.6 Å². The molecule has 1 aromatic rings. The lowest BCUT2D eigenvalue weighted by Crippen LogP contribution is -2.71. The van der Waals surface area contributed by atoms with Gasteiger partial charge in [0.05, 0.1) is 5.56 Å². The van der Waals surface area contributed by atoms with Crippen molar-refractivity contribution < 1.29 is 32.3 Å². The highest BCUT2D eigenvalue weighted by atomic mass is 19.3. The van der Waals surface area contributed by atoms with Gasteiger partial charge in [-0.2, -0.15) is 5.10 Å². The quantitative estimate of drug-likeness (QED) is 0.816. The van der Waals surface area contributed by atoms with Gasteiger partial charge in [0.15, 0.2) is 0 Å². The number of carboxylic acids is 1. The summed E-state index contributed by atoms with van der Waals surface area (Å²) < 4.78 is 52.9. The van der Waals surface area contributed by atoms with Crippen LogP contribution in [0.1, 0.15) is 48.2 Å². The van der Waals surface area contributed by atoms with Gasteiger partial charge < -0.3 is 10.4 Å². The molecule has 2 saturated carbocycles. The zero-order valence-corrected chi connectivity index (χ0v) is 12.7. The monoisotopic (exact) mass is 349 g/mol. The Labute approximate surface area is 133 Å². The molecule has 2 aliphatic rings. The highest BCUT2D eigenvalue weighted by molar-refractivity contribution is 5.99. The van der Waals surface area contributed by atoms with Gasteiger partial charge in [-0.05, 0) is 18.3 Å². The number of rotatable bonds is 4. The molecule has 0 atom stereocenters. The van der Waals surface area contributed by atoms with Crippen molar-refractivity contribution in [1.29, 1.82) is 0 Å². The number of amides is 1. The number of aromatic nitrogens is 2. The summed E-state index contributed by atoms with van der Waals surface area (Å²) in [7, 11) is 1.35. The molecule has 0 saturated heterocycles. The molecule has 0 aliphatic heterocycles. The van der Waals surface area contributed by atoms with Crippen molar-refractivity contribution in [3.63, 3.8) is 0 Å². The van der Waals surface area contributed by atoms with Gasteiger partial charge in [0.2, 0.25) is 5.92 Å². The minimum absolute atomic E-state index is 0.138. The Balaban J connectivity index is 1.77. The highest BCUT2D eigenvalue weighted by Gasteiger charge is 2.69. The van der Waals surface area contributed by atoms with Crippen LogP contribution in [-0.2, 0) is 11.8 Å². The standard InChI is InChI=1S/C14H15F4N3O3/c1-21-2-7(8(20-21)9(15)16)10(22)19-13(11(23)24)3-12(4-13)5-14(17,18)6-12/h2,9H,3-6H2,1H3,(H,19,22)(H,23,24). The lowest BCUT2D eigenvalue weighted by molar-refractivity contribution is -0.220. The normalized spacial score (nSPS) is 22.8. The molecule has 1 amide bonds. The first-order valence-electron chi connectivity index (χ1n) is 7.23. The summed E-state index contributed by atoms with van der Waals surface area (Å²) >= 11 is 0. The van der Waals surface area contributed by atoms with E-state index in [1.165, 1.54) is 7.05 Å². The second-order valence-electron chi connectivity index (χ2n) is 6.81. The van der Waals surface area contributed by atoms with Crippen molar-refractivity contribution in [2.24, 2.45) is 12.5 Å². The maximum absolute atomic E-state index is 13.1. The van der Waals surface area contributed by atoms with E-state index >= 15 is 0 Å². The zero-order chi connectivity index (χ0) is 17.9. The lowest BCUT2D eigenvalue weighted by Gasteiger charge is -2.61. The summed E-state index contributed by atoms with van der Waals surface area (Å²) in [6.07, 6.45) is -3.04. The molecule has 24 heavy (non-hydrogen) atoms. The molecule has 6 nitrogen and oxygen atoms in total. The fourth-order valence-corrected chi connectivity index (χ4v) is 3.94. The number of carbonyl (C=O) groups excluding carboxylic acids is 1. The van der Waals surface area contributed by atoms with E-state index < -0.39 is 59.3 Å². The molecule has 10 heteroatoms. The average Bonchev–Trinajstić information content (AvgIpc) is 2.76. The second kappa shape index (κ2) is 4.93. The molecule has 1 heterocycles. The molecule has 2 aliphatic carbocycles. The number of hydrogen-bond donors (Lipinski definition) is 2. The summed E-state index contributed by atoms with van der Waals surface area (Å²) in [5, 5.41) is 15.1. The summed E-state index contributed by atoms with van der Waals surface area (Å²) in [6, 6.07) is 0. The van der Waals surface area contributed by atoms with Gasteiger partial charge in [0.25, 0.3) is 12.3 Å². The van der Waals surface area contributed by atoms with Crippen LogP contribution in [0, 0.1) is 5.41 Å². The van der Waals surface area contributed by atoms with E-state index in [1.807, 2.05) is 0 Å². The summed E-state index contributed by atoms with van der Waals surface area (Å²) in [6.45, 7) is 0. The molecule has 0 radical (unpaired) electrons. The van der Waals surface area contributed by atoms with E-state index in [2.05, 4.69) is 10.4 Å². The summed E-state index contributed by atoms with van der Waals surface area (Å²) in [4.78, 5) is 23.7. The lowest BCUT2D eigenvalue weighted by atomic mass is 9.47. The van der Waals surface area contributed by atoms with Crippen LogP contribution in [0.2, 0.25) is 0 Å². The van der Waals surface area contributed by atoms with Crippen LogP contribution >= 0.6 is 0 Å². The van der Waals surface area contributed by atoms with Crippen molar-refractivity contribution >= 4 is 11.9 Å². The Morgan fingerprint density at radius 2 is 1.88 bits per heavy atom. The van der Waals surface area contributed by atoms with E-state index in [0.717, 1.165) is 10.9 Å². The number of hydrogen-bond acceptors (Lipinski definition) is 3. The largest absolute Gasteiger partial charge is 0.480 e. The third-order valence-electron chi connectivity index (χ3n) is 4.69. The Bertz CT molecular complexity index is 700. The molecular weight excluding hydrogens is 334 g/mol. The predicted octanol–water partition coefficient (Wildman–Crippen LogP) is 2.12. The second-order valence-corrected chi connectivity index (χ2v) is 6.81. The number of aliphatic carboxylic acids is 1. The van der Waals surface area contributed by atoms with Gasteiger partial charge >= 0.3 is 5.97 Å². The number of alkyl halides is 4. The first-order valence-corrected chi connectivity index (χ1v) is 7.23. The number of aryl methyl sites for hydroxylation is 1. The van der Waals surface area contributed by atoms with Gasteiger partial charge in [-0.25, -0.2) is 22.4 Å². The Morgan fingerprint density at radius 3 is 2.33 bits per heavy atom. The van der Waals surface area contributed by atoms with Gasteiger partial charge in [-0.3, -0.25) is 9.48 Å². The van der Waals surface area contributed by atoms with Crippen molar-refractivity contribution in [3.05, 3.63) is 17.5 Å². The minimum atomic E-state index is -2.99. The molecule has 0 bridgehead atoms. The van der Waals surface area contributed by atoms with Crippen LogP contribution in [0.3, 0.4) is 0 Å². The number of carboxylic acid groups (broad SMARTS) is 1. The maximum Gasteiger partial charge on any atom is 0.329 e. The van der Waals surface area contributed by atoms with Crippen LogP contribution in [-0.4, -0.2) is 38.2 Å². The summed E-state index contributed by atoms with van der Waals surface area (Å²) in [5.74, 6) is -5.16. The summed E-state index contributed by atoms with van der Waals surface area (Å²) in [5.41, 5.74) is -3.67. The topological polar surface area (TPSA) is 84.2 Å². The van der Waals surface area contributed by atoms with E-state index in [1.54, 1.807) is 0 Å². The van der Waals surface area contributed by atoms with Crippen LogP contribution in [0.25, 0.3) is 0 Å². The molecule has 0 aromatic carbocycles. The molecule has 0 unspecified atom stereocenters. The molecular formula is C14H15F4N3O3. The molecule has 2 fully saturated rings. The fraction of sp³-hybridized carbons (Fsp3) is 0.643. The number of nitrogens with zero attached hydrogens (tertiary/aromatic N) is 2. The van der Waals surface area contributed by atoms with Crippen LogP contribution in [0.15, 0.2) is 6.20 Å². The SMILES string of the molecule is Cn1cc(C(=O)NC2(C(=O)O)CC3(CC(F)(F)C3)C2)c(C(F)F)n1. The number of carbonyl (C=O) groups is 2. The minimum Gasteiger partial charge on any atom is -0.480 e. The molecule has 3 rings (SSSR count). The zero-order valence-electron chi connectivity index (χ0n) is 12.7. The third-order valence-corrected chi connectivity index (χ3v) is 4.69. The van der Waals surface area contributed by atoms with Gasteiger partial charge in [-0.15, -0.1) is 0 Å². The molecule has 2 N–H and O–H groups in total. The molecule has 132 valence electrons. The van der Waals surface area contributed by atoms with Crippen molar-refractivity contribution in [2.75, 3.05) is 0 Å². The average molecular weight is 349 g/mol. The maximum atomic E-state index is 13.1. The van der Waals surface area contributed by atoms with Crippen LogP contribution in [0.5, 0.6) is 0 Å². The number of nitrogens with one attached hydrogen (secondary N) is 1. The van der Waals surface area contributed by atoms with Crippen molar-refractivity contribution in [1.82, 2.24) is 15.1 Å². The Kier molecular flexibility index (Phi) is 3.44. The Morgan fingerprint density at radius 1 is 1.29 bits per heavy atom. The fourth-order valence-electron chi connectivity index (χ4n) is 3.94. The van der Waals surface area contributed by atoms with E-state index in [0.29, 0.717) is 0 Å². The highest BCUT2D eigenvalue weighted by Crippen LogP contribution is 2.65. The van der Waals surface area contributed by atoms with Crippen LogP contribution in [0.4, 0.5) is 17.6 Å². The molecule has 1 spiro atoms. The Hall–Kier alpha value is -2.13.